The summed E-state index contributed by atoms with van der Waals surface area (Å²) in [5.41, 5.74) is 0.707. The first kappa shape index (κ1) is 22.3. The summed E-state index contributed by atoms with van der Waals surface area (Å²) in [6.45, 7) is 4.17. The van der Waals surface area contributed by atoms with Crippen molar-refractivity contribution in [2.45, 2.75) is 16.6 Å². The molecule has 2 amide bonds. The zero-order valence-electron chi connectivity index (χ0n) is 16.9. The average molecular weight is 480 g/mol. The Morgan fingerprint density at radius 3 is 2.68 bits per heavy atom. The van der Waals surface area contributed by atoms with Crippen LogP contribution in [-0.2, 0) is 9.59 Å². The fraction of sp³-hybridized carbons (Fsp3) is 0.364. The lowest BCUT2D eigenvalue weighted by Crippen LogP contribution is -2.50. The summed E-state index contributed by atoms with van der Waals surface area (Å²) in [5, 5.41) is 3.61. The summed E-state index contributed by atoms with van der Waals surface area (Å²) >= 11 is 13.5. The van der Waals surface area contributed by atoms with Crippen molar-refractivity contribution in [2.75, 3.05) is 44.6 Å². The summed E-state index contributed by atoms with van der Waals surface area (Å²) in [7, 11) is 0. The lowest BCUT2D eigenvalue weighted by molar-refractivity contribution is -0.134. The van der Waals surface area contributed by atoms with Crippen LogP contribution >= 0.6 is 35.0 Å². The van der Waals surface area contributed by atoms with Gasteiger partial charge in [0.15, 0.2) is 0 Å². The van der Waals surface area contributed by atoms with E-state index in [1.54, 1.807) is 18.2 Å². The van der Waals surface area contributed by atoms with Gasteiger partial charge in [-0.15, -0.1) is 11.8 Å². The van der Waals surface area contributed by atoms with E-state index in [9.17, 15) is 9.59 Å². The van der Waals surface area contributed by atoms with Gasteiger partial charge in [-0.3, -0.25) is 14.5 Å². The Hall–Kier alpha value is -1.93. The molecule has 0 radical (unpaired) electrons. The molecule has 2 aromatic rings. The van der Waals surface area contributed by atoms with E-state index < -0.39 is 5.25 Å². The number of piperazine rings is 1. The summed E-state index contributed by atoms with van der Waals surface area (Å²) in [6.07, 6.45) is 0.189. The largest absolute Gasteiger partial charge is 0.491 e. The van der Waals surface area contributed by atoms with E-state index in [1.165, 1.54) is 11.8 Å². The predicted molar refractivity (Wildman–Crippen MR) is 124 cm³/mol. The number of hydrogen-bond acceptors (Lipinski definition) is 5. The maximum absolute atomic E-state index is 12.8. The first-order valence-electron chi connectivity index (χ1n) is 10.1. The zero-order chi connectivity index (χ0) is 21.8. The highest BCUT2D eigenvalue weighted by molar-refractivity contribution is 8.01. The number of amides is 2. The molecule has 1 fully saturated rings. The Kier molecular flexibility index (Phi) is 7.27. The molecular weight excluding hydrogens is 457 g/mol. The number of hydrogen-bond donors (Lipinski definition) is 1. The molecule has 2 aliphatic rings. The molecule has 2 heterocycles. The average Bonchev–Trinajstić information content (AvgIpc) is 2.76. The molecule has 1 N–H and O–H groups in total. The highest BCUT2D eigenvalue weighted by atomic mass is 35.5. The van der Waals surface area contributed by atoms with Crippen molar-refractivity contribution in [1.82, 2.24) is 9.80 Å². The van der Waals surface area contributed by atoms with E-state index in [0.717, 1.165) is 24.5 Å². The van der Waals surface area contributed by atoms with Crippen molar-refractivity contribution in [3.05, 3.63) is 52.5 Å². The molecule has 0 aliphatic carbocycles. The molecule has 0 spiro atoms. The number of thioether (sulfide) groups is 1. The molecule has 2 aliphatic heterocycles. The monoisotopic (exact) mass is 479 g/mol. The normalized spacial score (nSPS) is 19.0. The van der Waals surface area contributed by atoms with Crippen LogP contribution in [0.3, 0.4) is 0 Å². The predicted octanol–water partition coefficient (Wildman–Crippen LogP) is 4.02. The smallest absolute Gasteiger partial charge is 0.238 e. The standard InChI is InChI=1S/C22H23Cl2N3O3S/c23-15-5-6-19-17(13-15)25-22(29)20(31-19)14-21(28)27-9-7-26(8-10-27)11-12-30-18-4-2-1-3-16(18)24/h1-6,13,20H,7-12,14H2,(H,25,29). The molecular formula is C22H23Cl2N3O3S. The second-order valence-electron chi connectivity index (χ2n) is 7.44. The van der Waals surface area contributed by atoms with Gasteiger partial charge in [0.1, 0.15) is 12.4 Å². The third kappa shape index (κ3) is 5.66. The summed E-state index contributed by atoms with van der Waals surface area (Å²) in [5.74, 6) is 0.547. The van der Waals surface area contributed by atoms with Crippen LogP contribution in [0.2, 0.25) is 10.0 Å². The van der Waals surface area contributed by atoms with Gasteiger partial charge in [0.25, 0.3) is 0 Å². The summed E-state index contributed by atoms with van der Waals surface area (Å²) in [6, 6.07) is 12.8. The van der Waals surface area contributed by atoms with Gasteiger partial charge in [-0.25, -0.2) is 0 Å². The van der Waals surface area contributed by atoms with Gasteiger partial charge >= 0.3 is 0 Å². The molecule has 1 unspecified atom stereocenters. The SMILES string of the molecule is O=C1Nc2cc(Cl)ccc2SC1CC(=O)N1CCN(CCOc2ccccc2Cl)CC1. The topological polar surface area (TPSA) is 61.9 Å². The van der Waals surface area contributed by atoms with Gasteiger partial charge in [0.2, 0.25) is 11.8 Å². The molecule has 0 saturated carbocycles. The Balaban J connectivity index is 1.22. The number of ether oxygens (including phenoxy) is 1. The highest BCUT2D eigenvalue weighted by Crippen LogP contribution is 2.38. The summed E-state index contributed by atoms with van der Waals surface area (Å²) in [4.78, 5) is 30.2. The Morgan fingerprint density at radius 2 is 1.90 bits per heavy atom. The number of benzene rings is 2. The molecule has 1 atom stereocenters. The molecule has 9 heteroatoms. The minimum Gasteiger partial charge on any atom is -0.491 e. The van der Waals surface area contributed by atoms with E-state index in [0.29, 0.717) is 41.2 Å². The number of halogens is 2. The van der Waals surface area contributed by atoms with Crippen molar-refractivity contribution in [3.8, 4) is 5.75 Å². The Labute approximate surface area is 195 Å². The number of carbonyl (C=O) groups excluding carboxylic acids is 2. The third-order valence-corrected chi connectivity index (χ3v) is 7.17. The Morgan fingerprint density at radius 1 is 1.13 bits per heavy atom. The number of para-hydroxylation sites is 1. The fourth-order valence-corrected chi connectivity index (χ4v) is 5.06. The lowest BCUT2D eigenvalue weighted by Gasteiger charge is -2.35. The quantitative estimate of drug-likeness (QED) is 0.677. The first-order chi connectivity index (χ1) is 15.0. The van der Waals surface area contributed by atoms with E-state index in [4.69, 9.17) is 27.9 Å². The molecule has 1 saturated heterocycles. The number of carbonyl (C=O) groups is 2. The third-order valence-electron chi connectivity index (χ3n) is 5.35. The summed E-state index contributed by atoms with van der Waals surface area (Å²) < 4.78 is 5.75. The number of anilines is 1. The van der Waals surface area contributed by atoms with Crippen molar-refractivity contribution >= 4 is 52.5 Å². The van der Waals surface area contributed by atoms with Crippen LogP contribution in [0.4, 0.5) is 5.69 Å². The molecule has 31 heavy (non-hydrogen) atoms. The molecule has 2 aromatic carbocycles. The van der Waals surface area contributed by atoms with Crippen LogP contribution in [-0.4, -0.2) is 66.2 Å². The van der Waals surface area contributed by atoms with Crippen molar-refractivity contribution < 1.29 is 14.3 Å². The van der Waals surface area contributed by atoms with Gasteiger partial charge in [0, 0.05) is 49.1 Å². The van der Waals surface area contributed by atoms with Crippen LogP contribution in [0.1, 0.15) is 6.42 Å². The Bertz CT molecular complexity index is 967. The van der Waals surface area contributed by atoms with Gasteiger partial charge in [-0.05, 0) is 30.3 Å². The minimum atomic E-state index is -0.428. The number of fused-ring (bicyclic) bond motifs is 1. The fourth-order valence-electron chi connectivity index (χ4n) is 3.61. The molecule has 4 rings (SSSR count). The van der Waals surface area contributed by atoms with Gasteiger partial charge in [0.05, 0.1) is 16.0 Å². The van der Waals surface area contributed by atoms with Gasteiger partial charge in [-0.1, -0.05) is 35.3 Å². The molecule has 0 aromatic heterocycles. The number of nitrogens with one attached hydrogen (secondary N) is 1. The van der Waals surface area contributed by atoms with Crippen molar-refractivity contribution in [2.24, 2.45) is 0 Å². The maximum atomic E-state index is 12.8. The number of nitrogens with zero attached hydrogens (tertiary/aromatic N) is 2. The van der Waals surface area contributed by atoms with Crippen LogP contribution in [0.15, 0.2) is 47.4 Å². The second-order valence-corrected chi connectivity index (χ2v) is 9.53. The minimum absolute atomic E-state index is 0.0111. The van der Waals surface area contributed by atoms with Crippen LogP contribution in [0.5, 0.6) is 5.75 Å². The molecule has 0 bridgehead atoms. The van der Waals surface area contributed by atoms with Crippen LogP contribution < -0.4 is 10.1 Å². The van der Waals surface area contributed by atoms with E-state index in [-0.39, 0.29) is 18.2 Å². The van der Waals surface area contributed by atoms with Gasteiger partial charge in [-0.2, -0.15) is 0 Å². The van der Waals surface area contributed by atoms with Crippen molar-refractivity contribution in [1.29, 1.82) is 0 Å². The van der Waals surface area contributed by atoms with Crippen LogP contribution in [0.25, 0.3) is 0 Å². The zero-order valence-corrected chi connectivity index (χ0v) is 19.2. The van der Waals surface area contributed by atoms with Crippen LogP contribution in [0, 0.1) is 0 Å². The van der Waals surface area contributed by atoms with Crippen molar-refractivity contribution in [3.63, 3.8) is 0 Å². The van der Waals surface area contributed by atoms with E-state index >= 15 is 0 Å². The molecule has 6 nitrogen and oxygen atoms in total. The first-order valence-corrected chi connectivity index (χ1v) is 11.8. The number of rotatable bonds is 6. The lowest BCUT2D eigenvalue weighted by atomic mass is 10.2. The van der Waals surface area contributed by atoms with E-state index in [1.807, 2.05) is 29.2 Å². The van der Waals surface area contributed by atoms with E-state index in [2.05, 4.69) is 10.2 Å². The maximum Gasteiger partial charge on any atom is 0.238 e. The van der Waals surface area contributed by atoms with Gasteiger partial charge < -0.3 is 15.0 Å². The highest BCUT2D eigenvalue weighted by Gasteiger charge is 2.31. The molecule has 164 valence electrons. The second kappa shape index (κ2) is 10.1.